The van der Waals surface area contributed by atoms with E-state index in [4.69, 9.17) is 14.6 Å². The third-order valence-corrected chi connectivity index (χ3v) is 5.71. The summed E-state index contributed by atoms with van der Waals surface area (Å²) in [5.74, 6) is -0.951. The number of fused-ring (bicyclic) bond motifs is 5. The molecule has 2 aromatic carbocycles. The molecular weight excluding hydrogens is 368 g/mol. The first kappa shape index (κ1) is 19.9. The highest BCUT2D eigenvalue weighted by Crippen LogP contribution is 2.38. The Morgan fingerprint density at radius 3 is 2.59 bits per heavy atom. The van der Waals surface area contributed by atoms with Crippen LogP contribution in [0.1, 0.15) is 22.7 Å². The number of rotatable bonds is 8. The number of anilines is 1. The van der Waals surface area contributed by atoms with E-state index < -0.39 is 5.97 Å². The lowest BCUT2D eigenvalue weighted by Gasteiger charge is -2.43. The van der Waals surface area contributed by atoms with E-state index in [1.807, 2.05) is 0 Å². The molecule has 2 heterocycles. The number of carbonyl (C=O) groups is 1. The SMILES string of the molecule is O=C(O)COCCOCCN1CCN2c3ccccc3Cc3ccccc3C2C1. The van der Waals surface area contributed by atoms with E-state index in [9.17, 15) is 4.79 Å². The summed E-state index contributed by atoms with van der Waals surface area (Å²) in [5.41, 5.74) is 5.61. The minimum atomic E-state index is -0.951. The van der Waals surface area contributed by atoms with Crippen LogP contribution in [-0.4, -0.2) is 68.6 Å². The molecule has 2 aliphatic rings. The van der Waals surface area contributed by atoms with Crippen LogP contribution in [0.5, 0.6) is 0 Å². The van der Waals surface area contributed by atoms with E-state index in [1.54, 1.807) is 0 Å². The van der Waals surface area contributed by atoms with Gasteiger partial charge in [-0.2, -0.15) is 0 Å². The van der Waals surface area contributed by atoms with Crippen LogP contribution in [-0.2, 0) is 20.7 Å². The van der Waals surface area contributed by atoms with E-state index in [2.05, 4.69) is 58.3 Å². The number of aliphatic carboxylic acids is 1. The quantitative estimate of drug-likeness (QED) is 0.692. The van der Waals surface area contributed by atoms with Crippen LogP contribution < -0.4 is 4.90 Å². The fourth-order valence-corrected chi connectivity index (χ4v) is 4.34. The summed E-state index contributed by atoms with van der Waals surface area (Å²) in [4.78, 5) is 15.5. The first-order valence-electron chi connectivity index (χ1n) is 10.2. The van der Waals surface area contributed by atoms with Crippen LogP contribution in [0.15, 0.2) is 48.5 Å². The number of para-hydroxylation sites is 1. The molecule has 0 saturated carbocycles. The zero-order chi connectivity index (χ0) is 20.1. The van der Waals surface area contributed by atoms with Crippen molar-refractivity contribution < 1.29 is 19.4 Å². The van der Waals surface area contributed by atoms with Gasteiger partial charge in [-0.1, -0.05) is 42.5 Å². The largest absolute Gasteiger partial charge is 0.480 e. The van der Waals surface area contributed by atoms with Crippen molar-refractivity contribution in [2.45, 2.75) is 12.5 Å². The molecule has 0 bridgehead atoms. The molecule has 0 spiro atoms. The fraction of sp³-hybridized carbons (Fsp3) is 0.435. The highest BCUT2D eigenvalue weighted by Gasteiger charge is 2.32. The lowest BCUT2D eigenvalue weighted by Crippen LogP contribution is -2.49. The van der Waals surface area contributed by atoms with Gasteiger partial charge in [-0.3, -0.25) is 4.90 Å². The molecule has 1 atom stereocenters. The van der Waals surface area contributed by atoms with Gasteiger partial charge in [0.05, 0.1) is 25.9 Å². The van der Waals surface area contributed by atoms with Crippen LogP contribution in [0.4, 0.5) is 5.69 Å². The second-order valence-corrected chi connectivity index (χ2v) is 7.57. The molecule has 6 nitrogen and oxygen atoms in total. The molecule has 4 rings (SSSR count). The van der Waals surface area contributed by atoms with Gasteiger partial charge < -0.3 is 19.5 Å². The highest BCUT2D eigenvalue weighted by molar-refractivity contribution is 5.68. The molecule has 1 unspecified atom stereocenters. The van der Waals surface area contributed by atoms with Crippen molar-refractivity contribution in [3.05, 3.63) is 65.2 Å². The Labute approximate surface area is 171 Å². The van der Waals surface area contributed by atoms with Crippen molar-refractivity contribution >= 4 is 11.7 Å². The highest BCUT2D eigenvalue weighted by atomic mass is 16.5. The Morgan fingerprint density at radius 1 is 0.966 bits per heavy atom. The van der Waals surface area contributed by atoms with E-state index >= 15 is 0 Å². The van der Waals surface area contributed by atoms with Crippen molar-refractivity contribution in [1.82, 2.24) is 4.90 Å². The Hall–Kier alpha value is -2.41. The van der Waals surface area contributed by atoms with Crippen molar-refractivity contribution in [3.8, 4) is 0 Å². The smallest absolute Gasteiger partial charge is 0.329 e. The molecule has 6 heteroatoms. The van der Waals surface area contributed by atoms with E-state index in [1.165, 1.54) is 22.4 Å². The molecule has 154 valence electrons. The molecular formula is C23H28N2O4. The number of benzene rings is 2. The van der Waals surface area contributed by atoms with Gasteiger partial charge in [0.1, 0.15) is 6.61 Å². The third-order valence-electron chi connectivity index (χ3n) is 5.71. The summed E-state index contributed by atoms with van der Waals surface area (Å²) in [7, 11) is 0. The first-order chi connectivity index (χ1) is 14.2. The topological polar surface area (TPSA) is 62.2 Å². The van der Waals surface area contributed by atoms with Crippen molar-refractivity contribution in [2.75, 3.05) is 57.5 Å². The lowest BCUT2D eigenvalue weighted by atomic mass is 9.96. The summed E-state index contributed by atoms with van der Waals surface area (Å²) in [6.45, 7) is 4.94. The van der Waals surface area contributed by atoms with Gasteiger partial charge >= 0.3 is 5.97 Å². The maximum absolute atomic E-state index is 10.4. The molecule has 2 aliphatic heterocycles. The molecule has 0 aromatic heterocycles. The van der Waals surface area contributed by atoms with Crippen LogP contribution in [0.2, 0.25) is 0 Å². The number of carboxylic acids is 1. The number of hydrogen-bond donors (Lipinski definition) is 1. The zero-order valence-corrected chi connectivity index (χ0v) is 16.6. The van der Waals surface area contributed by atoms with Crippen molar-refractivity contribution in [1.29, 1.82) is 0 Å². The van der Waals surface area contributed by atoms with E-state index in [0.717, 1.165) is 32.6 Å². The molecule has 1 N–H and O–H groups in total. The van der Waals surface area contributed by atoms with Crippen LogP contribution in [0, 0.1) is 0 Å². The molecule has 0 aliphatic carbocycles. The minimum Gasteiger partial charge on any atom is -0.480 e. The second kappa shape index (κ2) is 9.39. The van der Waals surface area contributed by atoms with Crippen molar-refractivity contribution in [3.63, 3.8) is 0 Å². The summed E-state index contributed by atoms with van der Waals surface area (Å²) in [6, 6.07) is 17.9. The maximum atomic E-state index is 10.4. The van der Waals surface area contributed by atoms with Gasteiger partial charge in [0.2, 0.25) is 0 Å². The molecule has 29 heavy (non-hydrogen) atoms. The average Bonchev–Trinajstić information content (AvgIpc) is 2.87. The predicted molar refractivity (Wildman–Crippen MR) is 111 cm³/mol. The van der Waals surface area contributed by atoms with Gasteiger partial charge in [-0.25, -0.2) is 4.79 Å². The second-order valence-electron chi connectivity index (χ2n) is 7.57. The standard InChI is InChI=1S/C23H28N2O4/c26-23(27)17-29-14-13-28-12-11-24-9-10-25-21-8-4-2-6-19(21)15-18-5-1-3-7-20(18)22(25)16-24/h1-8,22H,9-17H2,(H,26,27). The maximum Gasteiger partial charge on any atom is 0.329 e. The molecule has 1 saturated heterocycles. The average molecular weight is 396 g/mol. The number of nitrogens with zero attached hydrogens (tertiary/aromatic N) is 2. The van der Waals surface area contributed by atoms with Gasteiger partial charge in [-0.15, -0.1) is 0 Å². The molecule has 2 aromatic rings. The predicted octanol–water partition coefficient (Wildman–Crippen LogP) is 2.57. The first-order valence-corrected chi connectivity index (χ1v) is 10.2. The van der Waals surface area contributed by atoms with E-state index in [-0.39, 0.29) is 6.61 Å². The summed E-state index contributed by atoms with van der Waals surface area (Å²) < 4.78 is 10.6. The Bertz CT molecular complexity index is 841. The zero-order valence-electron chi connectivity index (χ0n) is 16.6. The van der Waals surface area contributed by atoms with Crippen LogP contribution in [0.3, 0.4) is 0 Å². The van der Waals surface area contributed by atoms with Gasteiger partial charge in [0.15, 0.2) is 0 Å². The number of ether oxygens (including phenoxy) is 2. The lowest BCUT2D eigenvalue weighted by molar-refractivity contribution is -0.142. The van der Waals surface area contributed by atoms with Crippen LogP contribution >= 0.6 is 0 Å². The number of piperazine rings is 1. The Kier molecular flexibility index (Phi) is 6.44. The number of carboxylic acid groups (broad SMARTS) is 1. The fourth-order valence-electron chi connectivity index (χ4n) is 4.34. The summed E-state index contributed by atoms with van der Waals surface area (Å²) in [5, 5.41) is 8.56. The summed E-state index contributed by atoms with van der Waals surface area (Å²) >= 11 is 0. The monoisotopic (exact) mass is 396 g/mol. The summed E-state index contributed by atoms with van der Waals surface area (Å²) in [6.07, 6.45) is 0.985. The molecule has 0 amide bonds. The number of hydrogen-bond acceptors (Lipinski definition) is 5. The van der Waals surface area contributed by atoms with E-state index in [0.29, 0.717) is 25.9 Å². The van der Waals surface area contributed by atoms with Gasteiger partial charge in [-0.05, 0) is 29.2 Å². The molecule has 1 fully saturated rings. The minimum absolute atomic E-state index is 0.270. The molecule has 0 radical (unpaired) electrons. The van der Waals surface area contributed by atoms with Gasteiger partial charge in [0.25, 0.3) is 0 Å². The van der Waals surface area contributed by atoms with Crippen LogP contribution in [0.25, 0.3) is 0 Å². The van der Waals surface area contributed by atoms with Crippen molar-refractivity contribution in [2.24, 2.45) is 0 Å². The van der Waals surface area contributed by atoms with Gasteiger partial charge in [0, 0.05) is 31.9 Å². The third kappa shape index (κ3) is 4.78. The normalized spacial score (nSPS) is 18.5. The Morgan fingerprint density at radius 2 is 1.72 bits per heavy atom. The Balaban J connectivity index is 1.37.